The van der Waals surface area contributed by atoms with Crippen LogP contribution >= 0.6 is 15.9 Å². The normalized spacial score (nSPS) is 18.8. The summed E-state index contributed by atoms with van der Waals surface area (Å²) in [6, 6.07) is 8.53. The van der Waals surface area contributed by atoms with E-state index >= 15 is 0 Å². The fourth-order valence-electron chi connectivity index (χ4n) is 2.72. The van der Waals surface area contributed by atoms with Gasteiger partial charge >= 0.3 is 0 Å². The average molecular weight is 339 g/mol. The Balaban J connectivity index is 1.86. The molecule has 4 heteroatoms. The third-order valence-electron chi connectivity index (χ3n) is 3.94. The summed E-state index contributed by atoms with van der Waals surface area (Å²) in [5, 5.41) is 6.50. The predicted molar refractivity (Wildman–Crippen MR) is 85.6 cm³/mol. The molecule has 1 fully saturated rings. The van der Waals surface area contributed by atoms with Gasteiger partial charge in [-0.3, -0.25) is 10.1 Å². The van der Waals surface area contributed by atoms with Crippen molar-refractivity contribution in [3.63, 3.8) is 0 Å². The third-order valence-corrected chi connectivity index (χ3v) is 4.44. The Labute approximate surface area is 129 Å². The highest BCUT2D eigenvalue weighted by atomic mass is 79.9. The number of nitrogens with one attached hydrogen (secondary N) is 2. The fraction of sp³-hybridized carbons (Fsp3) is 0.562. The molecule has 0 spiro atoms. The number of rotatable bonds is 5. The van der Waals surface area contributed by atoms with Crippen LogP contribution in [-0.4, -0.2) is 18.0 Å². The second-order valence-electron chi connectivity index (χ2n) is 5.66. The second-order valence-corrected chi connectivity index (χ2v) is 6.57. The molecule has 110 valence electrons. The Morgan fingerprint density at radius 1 is 1.30 bits per heavy atom. The Bertz CT molecular complexity index is 458. The molecule has 0 aromatic heterocycles. The van der Waals surface area contributed by atoms with E-state index in [0.717, 1.165) is 17.3 Å². The van der Waals surface area contributed by atoms with Crippen LogP contribution in [0.25, 0.3) is 0 Å². The fourth-order valence-corrected chi connectivity index (χ4v) is 3.14. The van der Waals surface area contributed by atoms with Crippen molar-refractivity contribution in [2.75, 3.05) is 0 Å². The van der Waals surface area contributed by atoms with Crippen molar-refractivity contribution in [2.24, 2.45) is 0 Å². The van der Waals surface area contributed by atoms with Crippen molar-refractivity contribution in [2.45, 2.75) is 57.7 Å². The second kappa shape index (κ2) is 7.23. The van der Waals surface area contributed by atoms with Crippen LogP contribution in [0.5, 0.6) is 0 Å². The molecule has 2 N–H and O–H groups in total. The molecule has 1 aliphatic carbocycles. The molecule has 1 aromatic carbocycles. The summed E-state index contributed by atoms with van der Waals surface area (Å²) >= 11 is 3.48. The molecule has 1 aliphatic rings. The molecule has 0 aliphatic heterocycles. The van der Waals surface area contributed by atoms with E-state index in [1.807, 2.05) is 19.1 Å². The minimum atomic E-state index is -0.176. The molecule has 0 bridgehead atoms. The first-order valence-electron chi connectivity index (χ1n) is 7.38. The lowest BCUT2D eigenvalue weighted by molar-refractivity contribution is -0.123. The van der Waals surface area contributed by atoms with E-state index < -0.39 is 0 Å². The number of carbonyl (C=O) groups is 1. The molecule has 3 nitrogen and oxygen atoms in total. The van der Waals surface area contributed by atoms with Crippen LogP contribution in [0.4, 0.5) is 0 Å². The SMILES string of the molecule is CC(N[C@H](C)c1cccc(Br)c1)C(=O)NC1CCCC1. The van der Waals surface area contributed by atoms with Crippen LogP contribution in [0.2, 0.25) is 0 Å². The van der Waals surface area contributed by atoms with Gasteiger partial charge in [-0.15, -0.1) is 0 Å². The van der Waals surface area contributed by atoms with E-state index in [4.69, 9.17) is 0 Å². The van der Waals surface area contributed by atoms with Gasteiger partial charge in [-0.05, 0) is 44.4 Å². The lowest BCUT2D eigenvalue weighted by Gasteiger charge is -2.22. The third kappa shape index (κ3) is 4.32. The number of amides is 1. The molecule has 1 saturated carbocycles. The zero-order chi connectivity index (χ0) is 14.5. The molecule has 2 atom stereocenters. The number of carbonyl (C=O) groups excluding carboxylic acids is 1. The first kappa shape index (κ1) is 15.5. The predicted octanol–water partition coefficient (Wildman–Crippen LogP) is 3.55. The van der Waals surface area contributed by atoms with E-state index in [0.29, 0.717) is 6.04 Å². The maximum atomic E-state index is 12.1. The zero-order valence-electron chi connectivity index (χ0n) is 12.2. The van der Waals surface area contributed by atoms with Crippen LogP contribution in [0.3, 0.4) is 0 Å². The molecule has 1 aromatic rings. The number of hydrogen-bond donors (Lipinski definition) is 2. The summed E-state index contributed by atoms with van der Waals surface area (Å²) < 4.78 is 1.06. The van der Waals surface area contributed by atoms with Crippen LogP contribution < -0.4 is 10.6 Å². The van der Waals surface area contributed by atoms with Gasteiger partial charge in [0.25, 0.3) is 0 Å². The molecule has 20 heavy (non-hydrogen) atoms. The van der Waals surface area contributed by atoms with E-state index in [1.54, 1.807) is 0 Å². The van der Waals surface area contributed by atoms with Crippen LogP contribution in [-0.2, 0) is 4.79 Å². The van der Waals surface area contributed by atoms with E-state index in [2.05, 4.69) is 45.6 Å². The Morgan fingerprint density at radius 3 is 2.65 bits per heavy atom. The highest BCUT2D eigenvalue weighted by Crippen LogP contribution is 2.19. The molecular formula is C16H23BrN2O. The van der Waals surface area contributed by atoms with Crippen LogP contribution in [0.1, 0.15) is 51.1 Å². The Hall–Kier alpha value is -0.870. The molecule has 1 unspecified atom stereocenters. The van der Waals surface area contributed by atoms with E-state index in [1.165, 1.54) is 18.4 Å². The monoisotopic (exact) mass is 338 g/mol. The molecule has 0 saturated heterocycles. The summed E-state index contributed by atoms with van der Waals surface area (Å²) in [7, 11) is 0. The molecular weight excluding hydrogens is 316 g/mol. The van der Waals surface area contributed by atoms with Gasteiger partial charge in [-0.25, -0.2) is 0 Å². The lowest BCUT2D eigenvalue weighted by Crippen LogP contribution is -2.46. The number of hydrogen-bond acceptors (Lipinski definition) is 2. The summed E-state index contributed by atoms with van der Waals surface area (Å²) in [5.74, 6) is 0.110. The van der Waals surface area contributed by atoms with Gasteiger partial charge in [0.1, 0.15) is 0 Å². The van der Waals surface area contributed by atoms with Gasteiger partial charge < -0.3 is 5.32 Å². The number of benzene rings is 1. The zero-order valence-corrected chi connectivity index (χ0v) is 13.7. The van der Waals surface area contributed by atoms with Crippen molar-refractivity contribution in [3.8, 4) is 0 Å². The summed E-state index contributed by atoms with van der Waals surface area (Å²) in [6.45, 7) is 4.01. The smallest absolute Gasteiger partial charge is 0.237 e. The first-order chi connectivity index (χ1) is 9.56. The van der Waals surface area contributed by atoms with Gasteiger partial charge in [-0.2, -0.15) is 0 Å². The van der Waals surface area contributed by atoms with Gasteiger partial charge in [0.2, 0.25) is 5.91 Å². The van der Waals surface area contributed by atoms with Crippen molar-refractivity contribution in [1.82, 2.24) is 10.6 Å². The van der Waals surface area contributed by atoms with Crippen molar-refractivity contribution in [1.29, 1.82) is 0 Å². The summed E-state index contributed by atoms with van der Waals surface area (Å²) in [6.07, 6.45) is 4.72. The Morgan fingerprint density at radius 2 is 2.00 bits per heavy atom. The van der Waals surface area contributed by atoms with Crippen molar-refractivity contribution < 1.29 is 4.79 Å². The lowest BCUT2D eigenvalue weighted by atomic mass is 10.1. The maximum absolute atomic E-state index is 12.1. The van der Waals surface area contributed by atoms with Crippen molar-refractivity contribution >= 4 is 21.8 Å². The summed E-state index contributed by atoms with van der Waals surface area (Å²) in [5.41, 5.74) is 1.18. The topological polar surface area (TPSA) is 41.1 Å². The van der Waals surface area contributed by atoms with E-state index in [9.17, 15) is 4.79 Å². The quantitative estimate of drug-likeness (QED) is 0.861. The first-order valence-corrected chi connectivity index (χ1v) is 8.17. The molecule has 0 heterocycles. The van der Waals surface area contributed by atoms with Crippen LogP contribution in [0.15, 0.2) is 28.7 Å². The average Bonchev–Trinajstić information content (AvgIpc) is 2.91. The van der Waals surface area contributed by atoms with Gasteiger partial charge in [-0.1, -0.05) is 40.9 Å². The maximum Gasteiger partial charge on any atom is 0.237 e. The highest BCUT2D eigenvalue weighted by Gasteiger charge is 2.21. The molecule has 0 radical (unpaired) electrons. The minimum Gasteiger partial charge on any atom is -0.352 e. The highest BCUT2D eigenvalue weighted by molar-refractivity contribution is 9.10. The van der Waals surface area contributed by atoms with Crippen molar-refractivity contribution in [3.05, 3.63) is 34.3 Å². The van der Waals surface area contributed by atoms with Crippen LogP contribution in [0, 0.1) is 0 Å². The minimum absolute atomic E-state index is 0.110. The Kier molecular flexibility index (Phi) is 5.61. The van der Waals surface area contributed by atoms with Gasteiger partial charge in [0, 0.05) is 16.6 Å². The largest absolute Gasteiger partial charge is 0.352 e. The van der Waals surface area contributed by atoms with E-state index in [-0.39, 0.29) is 18.0 Å². The van der Waals surface area contributed by atoms with Gasteiger partial charge in [0.15, 0.2) is 0 Å². The van der Waals surface area contributed by atoms with Gasteiger partial charge in [0.05, 0.1) is 6.04 Å². The summed E-state index contributed by atoms with van der Waals surface area (Å²) in [4.78, 5) is 12.1. The standard InChI is InChI=1S/C16H23BrN2O/c1-11(13-6-5-7-14(17)10-13)18-12(2)16(20)19-15-8-3-4-9-15/h5-7,10-12,15,18H,3-4,8-9H2,1-2H3,(H,19,20)/t11-,12?/m1/s1. The number of halogens is 1. The molecule has 2 rings (SSSR count). The molecule has 1 amide bonds.